The van der Waals surface area contributed by atoms with Gasteiger partial charge in [0, 0.05) is 43.4 Å². The third-order valence-corrected chi connectivity index (χ3v) is 4.43. The number of carbonyl (C=O) groups excluding carboxylic acids is 1. The van der Waals surface area contributed by atoms with Crippen molar-refractivity contribution in [1.29, 1.82) is 0 Å². The summed E-state index contributed by atoms with van der Waals surface area (Å²) in [5, 5.41) is 12.3. The van der Waals surface area contributed by atoms with E-state index in [1.807, 2.05) is 44.7 Å². The molecule has 0 spiro atoms. The molecule has 1 aliphatic rings. The van der Waals surface area contributed by atoms with Gasteiger partial charge >= 0.3 is 12.1 Å². The molecule has 0 radical (unpaired) electrons. The highest BCUT2D eigenvalue weighted by atomic mass is 35.5. The van der Waals surface area contributed by atoms with Crippen molar-refractivity contribution >= 4 is 29.4 Å². The minimum atomic E-state index is -0.502. The predicted octanol–water partition coefficient (Wildman–Crippen LogP) is 3.88. The summed E-state index contributed by atoms with van der Waals surface area (Å²) in [7, 11) is 0. The van der Waals surface area contributed by atoms with Crippen molar-refractivity contribution in [3.05, 3.63) is 23.2 Å². The molecule has 1 amide bonds. The number of anilines is 2. The number of amides is 1. The minimum absolute atomic E-state index is 0.296. The lowest BCUT2D eigenvalue weighted by molar-refractivity contribution is 0.0239. The summed E-state index contributed by atoms with van der Waals surface area (Å²) in [5.41, 5.74) is 1.15. The molecule has 2 aromatic rings. The third-order valence-electron chi connectivity index (χ3n) is 4.20. The number of rotatable bonds is 4. The second kappa shape index (κ2) is 8.26. The Labute approximate surface area is 169 Å². The second-order valence-corrected chi connectivity index (χ2v) is 8.00. The molecule has 0 atom stereocenters. The molecule has 28 heavy (non-hydrogen) atoms. The van der Waals surface area contributed by atoms with Crippen LogP contribution in [0.2, 0.25) is 5.02 Å². The summed E-state index contributed by atoms with van der Waals surface area (Å²) in [6.45, 7) is 10.6. The standard InChI is InChI=1S/C19H26ClN5O3/c1-5-21-15-12-13(20)6-7-14(15)16-22-23-17(27-16)24-8-10-25(11-9-24)18(26)28-19(2,3)4/h6-7,12,21H,5,8-11H2,1-4H3. The first-order chi connectivity index (χ1) is 13.3. The van der Waals surface area contributed by atoms with Gasteiger partial charge in [-0.3, -0.25) is 0 Å². The predicted molar refractivity (Wildman–Crippen MR) is 109 cm³/mol. The number of ether oxygens (including phenoxy) is 1. The molecule has 0 unspecified atom stereocenters. The van der Waals surface area contributed by atoms with Crippen molar-refractivity contribution < 1.29 is 13.9 Å². The summed E-state index contributed by atoms with van der Waals surface area (Å²) >= 11 is 6.09. The van der Waals surface area contributed by atoms with Crippen LogP contribution in [-0.2, 0) is 4.74 Å². The molecule has 0 aliphatic carbocycles. The van der Waals surface area contributed by atoms with Gasteiger partial charge in [-0.1, -0.05) is 16.7 Å². The van der Waals surface area contributed by atoms with Crippen molar-refractivity contribution in [2.45, 2.75) is 33.3 Å². The second-order valence-electron chi connectivity index (χ2n) is 7.56. The van der Waals surface area contributed by atoms with E-state index in [2.05, 4.69) is 15.5 Å². The number of piperazine rings is 1. The maximum Gasteiger partial charge on any atom is 0.410 e. The summed E-state index contributed by atoms with van der Waals surface area (Å²) in [6.07, 6.45) is -0.296. The topological polar surface area (TPSA) is 83.7 Å². The van der Waals surface area contributed by atoms with Gasteiger partial charge in [0.05, 0.1) is 5.56 Å². The van der Waals surface area contributed by atoms with Crippen molar-refractivity contribution in [1.82, 2.24) is 15.1 Å². The summed E-state index contributed by atoms with van der Waals surface area (Å²) in [4.78, 5) is 15.9. The van der Waals surface area contributed by atoms with Gasteiger partial charge in [0.25, 0.3) is 5.89 Å². The van der Waals surface area contributed by atoms with Crippen LogP contribution in [0, 0.1) is 0 Å². The zero-order valence-electron chi connectivity index (χ0n) is 16.7. The Hall–Kier alpha value is -2.48. The molecule has 0 bridgehead atoms. The Balaban J connectivity index is 1.67. The van der Waals surface area contributed by atoms with Gasteiger partial charge in [0.2, 0.25) is 0 Å². The number of aromatic nitrogens is 2. The molecule has 3 rings (SSSR count). The average Bonchev–Trinajstić information content (AvgIpc) is 3.11. The van der Waals surface area contributed by atoms with Gasteiger partial charge in [0.15, 0.2) is 0 Å². The van der Waals surface area contributed by atoms with Gasteiger partial charge in [-0.2, -0.15) is 0 Å². The Morgan fingerprint density at radius 3 is 2.61 bits per heavy atom. The minimum Gasteiger partial charge on any atom is -0.444 e. The molecular formula is C19H26ClN5O3. The Morgan fingerprint density at radius 1 is 1.25 bits per heavy atom. The molecule has 1 saturated heterocycles. The SMILES string of the molecule is CCNc1cc(Cl)ccc1-c1nnc(N2CCN(C(=O)OC(C)(C)C)CC2)o1. The number of hydrogen-bond donors (Lipinski definition) is 1. The van der Waals surface area contributed by atoms with Crippen LogP contribution >= 0.6 is 11.6 Å². The number of nitrogens with one attached hydrogen (secondary N) is 1. The highest BCUT2D eigenvalue weighted by Gasteiger charge is 2.28. The number of nitrogens with zero attached hydrogens (tertiary/aromatic N) is 4. The molecule has 9 heteroatoms. The normalized spacial score (nSPS) is 14.9. The zero-order valence-corrected chi connectivity index (χ0v) is 17.4. The first-order valence-corrected chi connectivity index (χ1v) is 9.75. The van der Waals surface area contributed by atoms with E-state index < -0.39 is 5.60 Å². The molecule has 152 valence electrons. The average molecular weight is 408 g/mol. The first-order valence-electron chi connectivity index (χ1n) is 9.37. The van der Waals surface area contributed by atoms with E-state index in [-0.39, 0.29) is 6.09 Å². The highest BCUT2D eigenvalue weighted by Crippen LogP contribution is 2.31. The van der Waals surface area contributed by atoms with Gasteiger partial charge in [-0.05, 0) is 45.9 Å². The quantitative estimate of drug-likeness (QED) is 0.823. The van der Waals surface area contributed by atoms with Gasteiger partial charge in [-0.15, -0.1) is 5.10 Å². The molecule has 2 heterocycles. The lowest BCUT2D eigenvalue weighted by Gasteiger charge is -2.34. The van der Waals surface area contributed by atoms with Gasteiger partial charge in [0.1, 0.15) is 5.60 Å². The van der Waals surface area contributed by atoms with Crippen LogP contribution in [0.4, 0.5) is 16.5 Å². The van der Waals surface area contributed by atoms with Crippen molar-refractivity contribution in [3.63, 3.8) is 0 Å². The van der Waals surface area contributed by atoms with E-state index in [4.69, 9.17) is 20.8 Å². The lowest BCUT2D eigenvalue weighted by Crippen LogP contribution is -2.50. The van der Waals surface area contributed by atoms with Gasteiger partial charge in [-0.25, -0.2) is 4.79 Å². The van der Waals surface area contributed by atoms with Crippen molar-refractivity contribution in [2.24, 2.45) is 0 Å². The van der Waals surface area contributed by atoms with Crippen LogP contribution < -0.4 is 10.2 Å². The van der Waals surface area contributed by atoms with E-state index in [1.54, 1.807) is 11.0 Å². The molecule has 0 saturated carbocycles. The van der Waals surface area contributed by atoms with Crippen LogP contribution in [0.15, 0.2) is 22.6 Å². The number of benzene rings is 1. The third kappa shape index (κ3) is 4.86. The maximum absolute atomic E-state index is 12.2. The smallest absolute Gasteiger partial charge is 0.410 e. The molecule has 1 aromatic heterocycles. The highest BCUT2D eigenvalue weighted by molar-refractivity contribution is 6.31. The number of hydrogen-bond acceptors (Lipinski definition) is 7. The van der Waals surface area contributed by atoms with E-state index >= 15 is 0 Å². The van der Waals surface area contributed by atoms with E-state index in [1.165, 1.54) is 0 Å². The summed E-state index contributed by atoms with van der Waals surface area (Å²) < 4.78 is 11.3. The van der Waals surface area contributed by atoms with E-state index in [0.29, 0.717) is 43.1 Å². The van der Waals surface area contributed by atoms with Crippen molar-refractivity contribution in [2.75, 3.05) is 42.9 Å². The molecular weight excluding hydrogens is 382 g/mol. The zero-order chi connectivity index (χ0) is 20.3. The monoisotopic (exact) mass is 407 g/mol. The maximum atomic E-state index is 12.2. The lowest BCUT2D eigenvalue weighted by atomic mass is 10.2. The Kier molecular flexibility index (Phi) is 5.98. The van der Waals surface area contributed by atoms with Crippen LogP contribution in [0.5, 0.6) is 0 Å². The fourth-order valence-electron chi connectivity index (χ4n) is 2.90. The molecule has 8 nitrogen and oxygen atoms in total. The number of halogens is 1. The molecule has 1 N–H and O–H groups in total. The van der Waals surface area contributed by atoms with Crippen molar-refractivity contribution in [3.8, 4) is 11.5 Å². The van der Waals surface area contributed by atoms with E-state index in [9.17, 15) is 4.79 Å². The van der Waals surface area contributed by atoms with Gasteiger partial charge < -0.3 is 24.3 Å². The first kappa shape index (κ1) is 20.3. The number of carbonyl (C=O) groups is 1. The summed E-state index contributed by atoms with van der Waals surface area (Å²) in [6, 6.07) is 5.93. The van der Waals surface area contributed by atoms with Crippen LogP contribution in [-0.4, -0.2) is 59.5 Å². The van der Waals surface area contributed by atoms with Crippen LogP contribution in [0.1, 0.15) is 27.7 Å². The molecule has 1 aliphatic heterocycles. The summed E-state index contributed by atoms with van der Waals surface area (Å²) in [5.74, 6) is 0.428. The van der Waals surface area contributed by atoms with Crippen LogP contribution in [0.25, 0.3) is 11.5 Å². The fraction of sp³-hybridized carbons (Fsp3) is 0.526. The van der Waals surface area contributed by atoms with E-state index in [0.717, 1.165) is 17.8 Å². The Morgan fingerprint density at radius 2 is 1.96 bits per heavy atom. The molecule has 1 aromatic carbocycles. The fourth-order valence-corrected chi connectivity index (χ4v) is 3.07. The Bertz CT molecular complexity index is 825. The van der Waals surface area contributed by atoms with Crippen LogP contribution in [0.3, 0.4) is 0 Å². The largest absolute Gasteiger partial charge is 0.444 e. The molecule has 1 fully saturated rings.